The monoisotopic (exact) mass is 723 g/mol. The Morgan fingerprint density at radius 1 is 0.373 bits per heavy atom. The Labute approximate surface area is 317 Å². The summed E-state index contributed by atoms with van der Waals surface area (Å²) >= 11 is 0. The topological polar surface area (TPSA) is 78.9 Å². The van der Waals surface area contributed by atoms with Gasteiger partial charge < -0.3 is 14.2 Å². The second-order valence-corrected chi connectivity index (χ2v) is 16.3. The molecule has 0 unspecified atom stereocenters. The summed E-state index contributed by atoms with van der Waals surface area (Å²) in [5.41, 5.74) is 0. The van der Waals surface area contributed by atoms with Crippen molar-refractivity contribution in [3.8, 4) is 0 Å². The summed E-state index contributed by atoms with van der Waals surface area (Å²) in [5.74, 6) is 0.739. The number of hydrogen-bond acceptors (Lipinski definition) is 6. The van der Waals surface area contributed by atoms with Crippen molar-refractivity contribution in [2.24, 2.45) is 11.8 Å². The molecule has 302 valence electrons. The summed E-state index contributed by atoms with van der Waals surface area (Å²) in [6, 6.07) is 0. The highest BCUT2D eigenvalue weighted by molar-refractivity contribution is 5.71. The summed E-state index contributed by atoms with van der Waals surface area (Å²) in [6.45, 7) is 11.3. The van der Waals surface area contributed by atoms with Gasteiger partial charge in [-0.05, 0) is 31.1 Å². The largest absolute Gasteiger partial charge is 0.462 e. The number of unbranched alkanes of at least 4 members (excludes halogenated alkanes) is 24. The minimum absolute atomic E-state index is 0.0656. The molecule has 0 aromatic heterocycles. The fourth-order valence-corrected chi connectivity index (χ4v) is 6.58. The molecule has 51 heavy (non-hydrogen) atoms. The molecule has 6 nitrogen and oxygen atoms in total. The maximum Gasteiger partial charge on any atom is 0.306 e. The summed E-state index contributed by atoms with van der Waals surface area (Å²) < 4.78 is 16.7. The van der Waals surface area contributed by atoms with Gasteiger partial charge in [0.05, 0.1) is 0 Å². The highest BCUT2D eigenvalue weighted by atomic mass is 16.6. The van der Waals surface area contributed by atoms with Crippen LogP contribution in [0, 0.1) is 11.8 Å². The number of carbonyl (C=O) groups excluding carboxylic acids is 3. The second-order valence-electron chi connectivity index (χ2n) is 16.3. The van der Waals surface area contributed by atoms with Gasteiger partial charge >= 0.3 is 17.9 Å². The van der Waals surface area contributed by atoms with Gasteiger partial charge in [0.15, 0.2) is 6.10 Å². The Bertz CT molecular complexity index is 779. The lowest BCUT2D eigenvalue weighted by molar-refractivity contribution is -0.167. The Morgan fingerprint density at radius 3 is 0.961 bits per heavy atom. The molecule has 0 radical (unpaired) electrons. The molecule has 0 aliphatic carbocycles. The van der Waals surface area contributed by atoms with Crippen molar-refractivity contribution >= 4 is 17.9 Å². The molecular weight excluding hydrogens is 636 g/mol. The van der Waals surface area contributed by atoms with Gasteiger partial charge in [-0.2, -0.15) is 0 Å². The minimum atomic E-state index is -0.760. The molecule has 0 aromatic carbocycles. The van der Waals surface area contributed by atoms with E-state index in [4.69, 9.17) is 14.2 Å². The van der Waals surface area contributed by atoms with Crippen molar-refractivity contribution in [2.45, 2.75) is 246 Å². The molecule has 0 aromatic rings. The standard InChI is InChI=1S/C45H86O6/c1-6-7-8-9-10-11-14-20-25-30-35-43(46)49-38-42(51-45(48)37-32-27-22-17-16-19-24-29-34-41(4)5)39-50-44(47)36-31-26-21-15-12-13-18-23-28-33-40(2)3/h40-42H,6-39H2,1-5H3/t42-/m0/s1. The van der Waals surface area contributed by atoms with Crippen LogP contribution in [0.5, 0.6) is 0 Å². The predicted octanol–water partition coefficient (Wildman–Crippen LogP) is 13.8. The van der Waals surface area contributed by atoms with Gasteiger partial charge in [0.1, 0.15) is 13.2 Å². The lowest BCUT2D eigenvalue weighted by Crippen LogP contribution is -2.30. The lowest BCUT2D eigenvalue weighted by Gasteiger charge is -2.18. The van der Waals surface area contributed by atoms with Crippen LogP contribution >= 0.6 is 0 Å². The van der Waals surface area contributed by atoms with Crippen LogP contribution in [0.1, 0.15) is 240 Å². The number of hydrogen-bond donors (Lipinski definition) is 0. The fraction of sp³-hybridized carbons (Fsp3) is 0.933. The molecular formula is C45H86O6. The molecule has 0 aliphatic rings. The van der Waals surface area contributed by atoms with Crippen molar-refractivity contribution < 1.29 is 28.6 Å². The average Bonchev–Trinajstić information content (AvgIpc) is 3.09. The molecule has 0 saturated carbocycles. The van der Waals surface area contributed by atoms with E-state index in [0.717, 1.165) is 69.6 Å². The second kappa shape index (κ2) is 38.1. The van der Waals surface area contributed by atoms with Crippen LogP contribution in [0.25, 0.3) is 0 Å². The third-order valence-corrected chi connectivity index (χ3v) is 9.97. The molecule has 0 fully saturated rings. The molecule has 0 rings (SSSR count). The van der Waals surface area contributed by atoms with Crippen LogP contribution in [0.15, 0.2) is 0 Å². The Morgan fingerprint density at radius 2 is 0.647 bits per heavy atom. The Balaban J connectivity index is 4.34. The number of esters is 3. The molecule has 0 spiro atoms. The summed E-state index contributed by atoms with van der Waals surface area (Å²) in [4.78, 5) is 37.6. The van der Waals surface area contributed by atoms with E-state index in [1.54, 1.807) is 0 Å². The molecule has 0 amide bonds. The molecule has 0 heterocycles. The van der Waals surface area contributed by atoms with Gasteiger partial charge in [-0.3, -0.25) is 14.4 Å². The Hall–Kier alpha value is -1.59. The molecule has 0 saturated heterocycles. The SMILES string of the molecule is CCCCCCCCCCCCC(=O)OC[C@@H](COC(=O)CCCCCCCCCCCC(C)C)OC(=O)CCCCCCCCCCC(C)C. The van der Waals surface area contributed by atoms with Gasteiger partial charge in [0.25, 0.3) is 0 Å². The van der Waals surface area contributed by atoms with Crippen LogP contribution in [0.3, 0.4) is 0 Å². The number of carbonyl (C=O) groups is 3. The molecule has 0 N–H and O–H groups in total. The first-order valence-corrected chi connectivity index (χ1v) is 22.2. The first-order chi connectivity index (χ1) is 24.7. The normalized spacial score (nSPS) is 12.1. The van der Waals surface area contributed by atoms with Crippen molar-refractivity contribution in [1.82, 2.24) is 0 Å². The van der Waals surface area contributed by atoms with Gasteiger partial charge in [0.2, 0.25) is 0 Å². The first-order valence-electron chi connectivity index (χ1n) is 22.2. The van der Waals surface area contributed by atoms with Crippen molar-refractivity contribution in [2.75, 3.05) is 13.2 Å². The van der Waals surface area contributed by atoms with Gasteiger partial charge in [-0.1, -0.05) is 202 Å². The quantitative estimate of drug-likeness (QED) is 0.0357. The summed E-state index contributed by atoms with van der Waals surface area (Å²) in [7, 11) is 0. The van der Waals surface area contributed by atoms with Gasteiger partial charge in [-0.15, -0.1) is 0 Å². The fourth-order valence-electron chi connectivity index (χ4n) is 6.58. The molecule has 0 aliphatic heterocycles. The number of rotatable bonds is 39. The van der Waals surface area contributed by atoms with E-state index in [0.29, 0.717) is 19.3 Å². The van der Waals surface area contributed by atoms with E-state index in [9.17, 15) is 14.4 Å². The maximum atomic E-state index is 12.7. The van der Waals surface area contributed by atoms with E-state index in [1.807, 2.05) is 0 Å². The van der Waals surface area contributed by atoms with Crippen molar-refractivity contribution in [1.29, 1.82) is 0 Å². The molecule has 6 heteroatoms. The molecule has 1 atom stereocenters. The van der Waals surface area contributed by atoms with E-state index in [2.05, 4.69) is 34.6 Å². The van der Waals surface area contributed by atoms with Crippen LogP contribution < -0.4 is 0 Å². The highest BCUT2D eigenvalue weighted by Crippen LogP contribution is 2.16. The van der Waals surface area contributed by atoms with E-state index < -0.39 is 6.10 Å². The van der Waals surface area contributed by atoms with Crippen LogP contribution in [0.2, 0.25) is 0 Å². The van der Waals surface area contributed by atoms with E-state index in [1.165, 1.54) is 128 Å². The van der Waals surface area contributed by atoms with E-state index >= 15 is 0 Å². The summed E-state index contributed by atoms with van der Waals surface area (Å²) in [6.07, 6.45) is 35.2. The van der Waals surface area contributed by atoms with Gasteiger partial charge in [0, 0.05) is 19.3 Å². The minimum Gasteiger partial charge on any atom is -0.462 e. The van der Waals surface area contributed by atoms with Crippen LogP contribution in [-0.4, -0.2) is 37.2 Å². The van der Waals surface area contributed by atoms with Gasteiger partial charge in [-0.25, -0.2) is 0 Å². The lowest BCUT2D eigenvalue weighted by atomic mass is 10.0. The first kappa shape index (κ1) is 49.4. The zero-order chi connectivity index (χ0) is 37.6. The smallest absolute Gasteiger partial charge is 0.306 e. The average molecular weight is 723 g/mol. The summed E-state index contributed by atoms with van der Waals surface area (Å²) in [5, 5.41) is 0. The van der Waals surface area contributed by atoms with Crippen molar-refractivity contribution in [3.05, 3.63) is 0 Å². The Kier molecular flexibility index (Phi) is 37.0. The predicted molar refractivity (Wildman–Crippen MR) is 215 cm³/mol. The van der Waals surface area contributed by atoms with Crippen LogP contribution in [-0.2, 0) is 28.6 Å². The van der Waals surface area contributed by atoms with E-state index in [-0.39, 0.29) is 31.1 Å². The number of ether oxygens (including phenoxy) is 3. The third kappa shape index (κ3) is 39.5. The van der Waals surface area contributed by atoms with Crippen molar-refractivity contribution in [3.63, 3.8) is 0 Å². The third-order valence-electron chi connectivity index (χ3n) is 9.97. The maximum absolute atomic E-state index is 12.7. The zero-order valence-electron chi connectivity index (χ0n) is 34.7. The van der Waals surface area contributed by atoms with Crippen LogP contribution in [0.4, 0.5) is 0 Å². The molecule has 0 bridgehead atoms. The highest BCUT2D eigenvalue weighted by Gasteiger charge is 2.19. The zero-order valence-corrected chi connectivity index (χ0v) is 34.7.